The third-order valence-corrected chi connectivity index (χ3v) is 2.96. The SMILES string of the molecule is Cc1ccc2c(c1)OC(O)c1cnc(=S)[nH]c1-2. The standard InChI is InChI=1S/C12H10N2O2S/c1-6-2-3-7-9(4-6)16-11(15)8-5-13-12(17)14-10(7)8/h2-5,11,15H,1H3,(H,13,14,17). The average molecular weight is 246 g/mol. The summed E-state index contributed by atoms with van der Waals surface area (Å²) in [5, 5.41) is 9.87. The van der Waals surface area contributed by atoms with Crippen LogP contribution >= 0.6 is 12.2 Å². The summed E-state index contributed by atoms with van der Waals surface area (Å²) in [6.07, 6.45) is 0.542. The van der Waals surface area contributed by atoms with E-state index in [0.717, 1.165) is 16.8 Å². The minimum absolute atomic E-state index is 0.393. The van der Waals surface area contributed by atoms with E-state index < -0.39 is 6.29 Å². The molecule has 0 spiro atoms. The molecule has 0 saturated carbocycles. The Kier molecular flexibility index (Phi) is 2.24. The van der Waals surface area contributed by atoms with Crippen molar-refractivity contribution in [3.05, 3.63) is 40.3 Å². The van der Waals surface area contributed by atoms with E-state index in [1.54, 1.807) is 6.20 Å². The van der Waals surface area contributed by atoms with Gasteiger partial charge in [-0.1, -0.05) is 6.07 Å². The molecule has 4 nitrogen and oxygen atoms in total. The van der Waals surface area contributed by atoms with E-state index in [4.69, 9.17) is 17.0 Å². The van der Waals surface area contributed by atoms with Crippen molar-refractivity contribution in [2.45, 2.75) is 13.2 Å². The summed E-state index contributed by atoms with van der Waals surface area (Å²) in [4.78, 5) is 6.95. The fourth-order valence-electron chi connectivity index (χ4n) is 1.93. The topological polar surface area (TPSA) is 58.1 Å². The molecule has 1 atom stereocenters. The summed E-state index contributed by atoms with van der Waals surface area (Å²) in [6, 6.07) is 5.82. The number of benzene rings is 1. The van der Waals surface area contributed by atoms with Crippen LogP contribution in [0.2, 0.25) is 0 Å². The van der Waals surface area contributed by atoms with Crippen molar-refractivity contribution in [1.82, 2.24) is 9.97 Å². The van der Waals surface area contributed by atoms with E-state index in [1.807, 2.05) is 25.1 Å². The first kappa shape index (κ1) is 10.4. The molecule has 0 amide bonds. The van der Waals surface area contributed by atoms with Crippen LogP contribution < -0.4 is 4.74 Å². The first-order valence-electron chi connectivity index (χ1n) is 5.20. The van der Waals surface area contributed by atoms with E-state index in [9.17, 15) is 5.11 Å². The van der Waals surface area contributed by atoms with Gasteiger partial charge in [0.2, 0.25) is 6.29 Å². The molecule has 1 aromatic heterocycles. The van der Waals surface area contributed by atoms with Gasteiger partial charge in [-0.25, -0.2) is 4.98 Å². The monoisotopic (exact) mass is 246 g/mol. The second-order valence-corrected chi connectivity index (χ2v) is 4.38. The highest BCUT2D eigenvalue weighted by molar-refractivity contribution is 7.71. The maximum absolute atomic E-state index is 9.87. The number of fused-ring (bicyclic) bond motifs is 3. The number of hydrogen-bond acceptors (Lipinski definition) is 4. The van der Waals surface area contributed by atoms with Gasteiger partial charge in [-0.2, -0.15) is 0 Å². The molecule has 2 aromatic rings. The van der Waals surface area contributed by atoms with Crippen molar-refractivity contribution in [1.29, 1.82) is 0 Å². The van der Waals surface area contributed by atoms with Crippen LogP contribution in [0.3, 0.4) is 0 Å². The molecule has 1 aliphatic heterocycles. The normalized spacial score (nSPS) is 16.9. The molecular formula is C12H10N2O2S. The molecular weight excluding hydrogens is 236 g/mol. The van der Waals surface area contributed by atoms with E-state index in [2.05, 4.69) is 9.97 Å². The van der Waals surface area contributed by atoms with Crippen LogP contribution in [-0.2, 0) is 0 Å². The number of aliphatic hydroxyl groups is 1. The van der Waals surface area contributed by atoms with Gasteiger partial charge >= 0.3 is 0 Å². The largest absolute Gasteiger partial charge is 0.460 e. The second kappa shape index (κ2) is 3.65. The van der Waals surface area contributed by atoms with E-state index in [1.165, 1.54) is 0 Å². The molecule has 2 heterocycles. The summed E-state index contributed by atoms with van der Waals surface area (Å²) in [5.41, 5.74) is 3.35. The van der Waals surface area contributed by atoms with Crippen molar-refractivity contribution in [3.63, 3.8) is 0 Å². The second-order valence-electron chi connectivity index (χ2n) is 3.99. The molecule has 0 saturated heterocycles. The summed E-state index contributed by atoms with van der Waals surface area (Å²) in [7, 11) is 0. The summed E-state index contributed by atoms with van der Waals surface area (Å²) >= 11 is 5.00. The lowest BCUT2D eigenvalue weighted by atomic mass is 10.0. The molecule has 0 bridgehead atoms. The highest BCUT2D eigenvalue weighted by atomic mass is 32.1. The van der Waals surface area contributed by atoms with Crippen LogP contribution in [-0.4, -0.2) is 15.1 Å². The number of aromatic nitrogens is 2. The molecule has 0 fully saturated rings. The van der Waals surface area contributed by atoms with Gasteiger partial charge in [-0.05, 0) is 36.8 Å². The number of ether oxygens (including phenoxy) is 1. The number of aliphatic hydroxyl groups excluding tert-OH is 1. The van der Waals surface area contributed by atoms with Gasteiger partial charge in [0, 0.05) is 11.8 Å². The lowest BCUT2D eigenvalue weighted by Gasteiger charge is -2.24. The zero-order chi connectivity index (χ0) is 12.0. The number of nitrogens with zero attached hydrogens (tertiary/aromatic N) is 1. The number of H-pyrrole nitrogens is 1. The molecule has 1 unspecified atom stereocenters. The Labute approximate surface area is 103 Å². The van der Waals surface area contributed by atoms with Crippen molar-refractivity contribution in [2.24, 2.45) is 0 Å². The van der Waals surface area contributed by atoms with Crippen molar-refractivity contribution in [3.8, 4) is 17.0 Å². The van der Waals surface area contributed by atoms with E-state index >= 15 is 0 Å². The van der Waals surface area contributed by atoms with Crippen LogP contribution in [0.4, 0.5) is 0 Å². The van der Waals surface area contributed by atoms with Crippen LogP contribution in [0.5, 0.6) is 5.75 Å². The molecule has 0 aliphatic carbocycles. The highest BCUT2D eigenvalue weighted by Gasteiger charge is 2.25. The van der Waals surface area contributed by atoms with Crippen molar-refractivity contribution < 1.29 is 9.84 Å². The maximum Gasteiger partial charge on any atom is 0.227 e. The molecule has 2 N–H and O–H groups in total. The minimum atomic E-state index is -1.00. The van der Waals surface area contributed by atoms with Gasteiger partial charge in [0.1, 0.15) is 5.75 Å². The minimum Gasteiger partial charge on any atom is -0.460 e. The fraction of sp³-hybridized carbons (Fsp3) is 0.167. The van der Waals surface area contributed by atoms with Crippen LogP contribution in [0, 0.1) is 11.7 Å². The number of aromatic amines is 1. The third kappa shape index (κ3) is 1.64. The van der Waals surface area contributed by atoms with Gasteiger partial charge in [-0.3, -0.25) is 0 Å². The number of nitrogens with one attached hydrogen (secondary N) is 1. The zero-order valence-corrected chi connectivity index (χ0v) is 9.91. The maximum atomic E-state index is 9.87. The van der Waals surface area contributed by atoms with Gasteiger partial charge in [0.25, 0.3) is 0 Å². The van der Waals surface area contributed by atoms with E-state index in [-0.39, 0.29) is 0 Å². The lowest BCUT2D eigenvalue weighted by molar-refractivity contribution is -0.0219. The first-order chi connectivity index (χ1) is 8.15. The molecule has 1 aromatic carbocycles. The Morgan fingerprint density at radius 1 is 1.47 bits per heavy atom. The van der Waals surface area contributed by atoms with Gasteiger partial charge in [0.15, 0.2) is 4.77 Å². The lowest BCUT2D eigenvalue weighted by Crippen LogP contribution is -2.15. The molecule has 17 heavy (non-hydrogen) atoms. The highest BCUT2D eigenvalue weighted by Crippen LogP contribution is 2.40. The molecule has 5 heteroatoms. The Morgan fingerprint density at radius 3 is 3.12 bits per heavy atom. The number of hydrogen-bond donors (Lipinski definition) is 2. The quantitative estimate of drug-likeness (QED) is 0.701. The smallest absolute Gasteiger partial charge is 0.227 e. The van der Waals surface area contributed by atoms with Crippen LogP contribution in [0.1, 0.15) is 17.4 Å². The van der Waals surface area contributed by atoms with Crippen molar-refractivity contribution >= 4 is 12.2 Å². The number of aryl methyl sites for hydroxylation is 1. The van der Waals surface area contributed by atoms with Crippen LogP contribution in [0.25, 0.3) is 11.3 Å². The number of rotatable bonds is 0. The van der Waals surface area contributed by atoms with Crippen LogP contribution in [0.15, 0.2) is 24.4 Å². The third-order valence-electron chi connectivity index (χ3n) is 2.75. The van der Waals surface area contributed by atoms with Crippen molar-refractivity contribution in [2.75, 3.05) is 0 Å². The predicted molar refractivity (Wildman–Crippen MR) is 65.2 cm³/mol. The summed E-state index contributed by atoms with van der Waals surface area (Å²) < 4.78 is 5.83. The molecule has 1 aliphatic rings. The van der Waals surface area contributed by atoms with Gasteiger partial charge in [-0.15, -0.1) is 0 Å². The van der Waals surface area contributed by atoms with Gasteiger partial charge < -0.3 is 14.8 Å². The molecule has 3 rings (SSSR count). The first-order valence-corrected chi connectivity index (χ1v) is 5.61. The Balaban J connectivity index is 2.32. The molecule has 86 valence electrons. The zero-order valence-electron chi connectivity index (χ0n) is 9.10. The molecule has 0 radical (unpaired) electrons. The Bertz CT molecular complexity index is 651. The van der Waals surface area contributed by atoms with E-state index in [0.29, 0.717) is 16.1 Å². The Morgan fingerprint density at radius 2 is 2.29 bits per heavy atom. The summed E-state index contributed by atoms with van der Waals surface area (Å²) in [6.45, 7) is 1.97. The van der Waals surface area contributed by atoms with Gasteiger partial charge in [0.05, 0.1) is 11.3 Å². The average Bonchev–Trinajstić information content (AvgIpc) is 2.28. The summed E-state index contributed by atoms with van der Waals surface area (Å²) in [5.74, 6) is 0.654. The fourth-order valence-corrected chi connectivity index (χ4v) is 2.09. The predicted octanol–water partition coefficient (Wildman–Crippen LogP) is 2.50. The Hall–Kier alpha value is -1.72.